The molecule has 26 heavy (non-hydrogen) atoms. The average Bonchev–Trinajstić information content (AvgIpc) is 2.59. The number of anilines is 1. The molecule has 0 bridgehead atoms. The number of carbonyl (C=O) groups excluding carboxylic acids is 1. The Balaban J connectivity index is 0. The van der Waals surface area contributed by atoms with Crippen molar-refractivity contribution >= 4 is 11.6 Å². The van der Waals surface area contributed by atoms with Crippen LogP contribution in [0.5, 0.6) is 0 Å². The average molecular weight is 377 g/mol. The minimum Gasteiger partial charge on any atom is -0.326 e. The van der Waals surface area contributed by atoms with Crippen LogP contribution in [0, 0.1) is 0 Å². The molecule has 0 fully saturated rings. The molecule has 0 spiro atoms. The fourth-order valence-electron chi connectivity index (χ4n) is 2.09. The van der Waals surface area contributed by atoms with E-state index in [1.165, 1.54) is 12.8 Å². The molecule has 3 nitrogen and oxygen atoms in total. The number of hydrogen-bond acceptors (Lipinski definition) is 2. The van der Waals surface area contributed by atoms with Crippen molar-refractivity contribution in [2.24, 2.45) is 5.73 Å². The Hall–Kier alpha value is -1.56. The molecule has 6 heteroatoms. The zero-order valence-electron chi connectivity index (χ0n) is 17.0. The quantitative estimate of drug-likeness (QED) is 0.704. The van der Waals surface area contributed by atoms with E-state index in [0.717, 1.165) is 16.0 Å². The number of nitrogens with two attached hydrogens (primary N) is 1. The summed E-state index contributed by atoms with van der Waals surface area (Å²) >= 11 is 0. The summed E-state index contributed by atoms with van der Waals surface area (Å²) in [4.78, 5) is 12.4. The summed E-state index contributed by atoms with van der Waals surface area (Å²) in [6.07, 6.45) is -1.32. The Bertz CT molecular complexity index is 500. The van der Waals surface area contributed by atoms with Crippen molar-refractivity contribution in [1.29, 1.82) is 0 Å². The maximum Gasteiger partial charge on any atom is 0.406 e. The second kappa shape index (κ2) is 14.6. The summed E-state index contributed by atoms with van der Waals surface area (Å²) < 4.78 is 37.3. The van der Waals surface area contributed by atoms with Gasteiger partial charge in [0.2, 0.25) is 5.91 Å². The highest BCUT2D eigenvalue weighted by Crippen LogP contribution is 2.31. The third kappa shape index (κ3) is 10.4. The van der Waals surface area contributed by atoms with Crippen LogP contribution in [0.4, 0.5) is 18.9 Å². The lowest BCUT2D eigenvalue weighted by molar-refractivity contribution is -0.132. The van der Waals surface area contributed by atoms with Crippen molar-refractivity contribution in [3.8, 4) is 0 Å². The molecular formula is C20H35F3N2O. The first-order valence-electron chi connectivity index (χ1n) is 9.42. The highest BCUT2D eigenvalue weighted by atomic mass is 19.4. The monoisotopic (exact) mass is 376 g/mol. The molecule has 1 heterocycles. The highest BCUT2D eigenvalue weighted by molar-refractivity contribution is 5.96. The van der Waals surface area contributed by atoms with E-state index in [1.54, 1.807) is 18.2 Å². The van der Waals surface area contributed by atoms with Gasteiger partial charge in [0.15, 0.2) is 0 Å². The van der Waals surface area contributed by atoms with Crippen LogP contribution < -0.4 is 10.6 Å². The standard InChI is InChI=1S/C12H13F3N2O.2C3H8.C2H6/c13-12(14,15)7-17-10-3-1-8(6-16)5-9(10)2-4-11(17)18;2*1-3-2;1-2/h1,3,5H,2,4,6-7,16H2;2*3H2,1-2H3;1-2H3. The summed E-state index contributed by atoms with van der Waals surface area (Å²) in [6.45, 7) is 11.6. The van der Waals surface area contributed by atoms with Crippen molar-refractivity contribution in [1.82, 2.24) is 0 Å². The summed E-state index contributed by atoms with van der Waals surface area (Å²) in [5.74, 6) is -0.486. The van der Waals surface area contributed by atoms with E-state index < -0.39 is 18.6 Å². The van der Waals surface area contributed by atoms with Gasteiger partial charge in [-0.05, 0) is 23.6 Å². The first kappa shape index (κ1) is 26.7. The lowest BCUT2D eigenvalue weighted by Gasteiger charge is -2.30. The van der Waals surface area contributed by atoms with Crippen molar-refractivity contribution in [3.63, 3.8) is 0 Å². The predicted molar refractivity (Wildman–Crippen MR) is 104 cm³/mol. The van der Waals surface area contributed by atoms with Gasteiger partial charge in [0.05, 0.1) is 0 Å². The maximum atomic E-state index is 12.4. The fraction of sp³-hybridized carbons (Fsp3) is 0.650. The predicted octanol–water partition coefficient (Wildman–Crippen LogP) is 5.85. The molecule has 0 atom stereocenters. The van der Waals surface area contributed by atoms with Crippen LogP contribution in [-0.4, -0.2) is 18.6 Å². The minimum atomic E-state index is -4.39. The number of nitrogens with zero attached hydrogens (tertiary/aromatic N) is 1. The zero-order chi connectivity index (χ0) is 20.8. The second-order valence-corrected chi connectivity index (χ2v) is 5.68. The van der Waals surface area contributed by atoms with Gasteiger partial charge in [0.25, 0.3) is 0 Å². The number of carbonyl (C=O) groups is 1. The van der Waals surface area contributed by atoms with Crippen LogP contribution in [0.3, 0.4) is 0 Å². The van der Waals surface area contributed by atoms with Gasteiger partial charge in [0.1, 0.15) is 6.54 Å². The Labute approximate surface area is 156 Å². The van der Waals surface area contributed by atoms with Crippen molar-refractivity contribution < 1.29 is 18.0 Å². The lowest BCUT2D eigenvalue weighted by atomic mass is 9.98. The van der Waals surface area contributed by atoms with E-state index in [0.29, 0.717) is 18.7 Å². The van der Waals surface area contributed by atoms with Crippen molar-refractivity contribution in [3.05, 3.63) is 29.3 Å². The smallest absolute Gasteiger partial charge is 0.326 e. The Morgan fingerprint density at radius 2 is 1.54 bits per heavy atom. The molecule has 2 rings (SSSR count). The number of aryl methyl sites for hydroxylation is 1. The normalized spacial score (nSPS) is 12.5. The number of fused-ring (bicyclic) bond motifs is 1. The Morgan fingerprint density at radius 3 is 1.96 bits per heavy atom. The first-order valence-corrected chi connectivity index (χ1v) is 9.42. The SMILES string of the molecule is CC.CCC.CCC.NCc1ccc2c(c1)CCC(=O)N2CC(F)(F)F. The van der Waals surface area contributed by atoms with Gasteiger partial charge in [-0.25, -0.2) is 0 Å². The number of hydrogen-bond donors (Lipinski definition) is 1. The van der Waals surface area contributed by atoms with Gasteiger partial charge in [0, 0.05) is 18.7 Å². The van der Waals surface area contributed by atoms with Crippen molar-refractivity contribution in [2.45, 2.75) is 79.9 Å². The number of halogens is 3. The number of amides is 1. The number of rotatable bonds is 2. The molecule has 0 radical (unpaired) electrons. The molecule has 0 unspecified atom stereocenters. The summed E-state index contributed by atoms with van der Waals surface area (Å²) in [7, 11) is 0. The lowest BCUT2D eigenvalue weighted by Crippen LogP contribution is -2.41. The van der Waals surface area contributed by atoms with Crippen LogP contribution in [0.25, 0.3) is 0 Å². The van der Waals surface area contributed by atoms with Gasteiger partial charge in [-0.15, -0.1) is 0 Å². The first-order chi connectivity index (χ1) is 12.2. The summed E-state index contributed by atoms with van der Waals surface area (Å²) in [5.41, 5.74) is 7.44. The molecule has 0 aliphatic carbocycles. The molecule has 1 amide bonds. The van der Waals surface area contributed by atoms with E-state index in [9.17, 15) is 18.0 Å². The number of benzene rings is 1. The van der Waals surface area contributed by atoms with E-state index in [1.807, 2.05) is 13.8 Å². The zero-order valence-corrected chi connectivity index (χ0v) is 17.0. The Kier molecular flexibility index (Phi) is 15.0. The van der Waals surface area contributed by atoms with E-state index in [-0.39, 0.29) is 6.42 Å². The molecule has 0 saturated heterocycles. The molecule has 152 valence electrons. The molecule has 1 aliphatic heterocycles. The molecule has 0 aromatic heterocycles. The third-order valence-electron chi connectivity index (χ3n) is 2.92. The summed E-state index contributed by atoms with van der Waals surface area (Å²) in [6, 6.07) is 4.96. The van der Waals surface area contributed by atoms with Crippen LogP contribution in [0.15, 0.2) is 18.2 Å². The maximum absolute atomic E-state index is 12.4. The van der Waals surface area contributed by atoms with Crippen LogP contribution in [0.2, 0.25) is 0 Å². The van der Waals surface area contributed by atoms with E-state index in [4.69, 9.17) is 5.73 Å². The van der Waals surface area contributed by atoms with Crippen LogP contribution >= 0.6 is 0 Å². The molecule has 1 aliphatic rings. The third-order valence-corrected chi connectivity index (χ3v) is 2.92. The van der Waals surface area contributed by atoms with Crippen LogP contribution in [-0.2, 0) is 17.8 Å². The van der Waals surface area contributed by atoms with Gasteiger partial charge in [-0.1, -0.05) is 66.5 Å². The summed E-state index contributed by atoms with van der Waals surface area (Å²) in [5, 5.41) is 0. The molecule has 1 aromatic carbocycles. The second-order valence-electron chi connectivity index (χ2n) is 5.68. The fourth-order valence-corrected chi connectivity index (χ4v) is 2.09. The molecule has 2 N–H and O–H groups in total. The van der Waals surface area contributed by atoms with Gasteiger partial charge in [-0.3, -0.25) is 4.79 Å². The van der Waals surface area contributed by atoms with Gasteiger partial charge in [-0.2, -0.15) is 13.2 Å². The largest absolute Gasteiger partial charge is 0.406 e. The highest BCUT2D eigenvalue weighted by Gasteiger charge is 2.36. The minimum absolute atomic E-state index is 0.108. The molecule has 0 saturated carbocycles. The topological polar surface area (TPSA) is 46.3 Å². The Morgan fingerprint density at radius 1 is 1.04 bits per heavy atom. The molecular weight excluding hydrogens is 341 g/mol. The van der Waals surface area contributed by atoms with E-state index >= 15 is 0 Å². The molecule has 1 aromatic rings. The van der Waals surface area contributed by atoms with Crippen LogP contribution in [0.1, 0.15) is 71.9 Å². The number of alkyl halides is 3. The van der Waals surface area contributed by atoms with Gasteiger partial charge >= 0.3 is 6.18 Å². The van der Waals surface area contributed by atoms with Crippen molar-refractivity contribution in [2.75, 3.05) is 11.4 Å². The van der Waals surface area contributed by atoms with Gasteiger partial charge < -0.3 is 10.6 Å². The van der Waals surface area contributed by atoms with E-state index in [2.05, 4.69) is 27.7 Å².